The van der Waals surface area contributed by atoms with Gasteiger partial charge in [-0.1, -0.05) is 18.2 Å². The molecule has 0 saturated carbocycles. The van der Waals surface area contributed by atoms with Crippen molar-refractivity contribution in [3.8, 4) is 17.2 Å². The Kier molecular flexibility index (Phi) is 6.48. The number of sulfonamides is 1. The molecule has 0 radical (unpaired) electrons. The van der Waals surface area contributed by atoms with E-state index in [0.717, 1.165) is 21.9 Å². The minimum absolute atomic E-state index is 0.256. The van der Waals surface area contributed by atoms with E-state index in [9.17, 15) is 13.2 Å². The van der Waals surface area contributed by atoms with Crippen molar-refractivity contribution in [2.45, 2.75) is 6.92 Å². The van der Waals surface area contributed by atoms with Crippen LogP contribution in [-0.2, 0) is 14.8 Å². The van der Waals surface area contributed by atoms with Crippen molar-refractivity contribution in [1.82, 2.24) is 5.32 Å². The summed E-state index contributed by atoms with van der Waals surface area (Å²) < 4.78 is 42.1. The topological polar surface area (TPSA) is 94.2 Å². The molecule has 0 spiro atoms. The number of benzene rings is 2. The summed E-state index contributed by atoms with van der Waals surface area (Å²) >= 11 is 0. The van der Waals surface area contributed by atoms with Gasteiger partial charge in [0, 0.05) is 6.07 Å². The van der Waals surface area contributed by atoms with Gasteiger partial charge >= 0.3 is 0 Å². The second-order valence-electron chi connectivity index (χ2n) is 6.56. The molecule has 2 aromatic rings. The Hall–Kier alpha value is -2.94. The number of nitrogens with one attached hydrogen (secondary N) is 1. The number of carbonyl (C=O) groups excluding carboxylic acids is 1. The first-order valence-electron chi connectivity index (χ1n) is 9.17. The molecule has 1 heterocycles. The smallest absolute Gasteiger partial charge is 0.240 e. The van der Waals surface area contributed by atoms with Crippen molar-refractivity contribution in [3.63, 3.8) is 0 Å². The number of aryl methyl sites for hydroxylation is 1. The Morgan fingerprint density at radius 2 is 1.86 bits per heavy atom. The van der Waals surface area contributed by atoms with Crippen LogP contribution in [0.15, 0.2) is 42.5 Å². The Morgan fingerprint density at radius 3 is 2.59 bits per heavy atom. The summed E-state index contributed by atoms with van der Waals surface area (Å²) in [7, 11) is -3.67. The highest BCUT2D eigenvalue weighted by atomic mass is 32.2. The maximum absolute atomic E-state index is 12.3. The lowest BCUT2D eigenvalue weighted by molar-refractivity contribution is -0.119. The zero-order valence-corrected chi connectivity index (χ0v) is 17.2. The highest BCUT2D eigenvalue weighted by Crippen LogP contribution is 2.34. The quantitative estimate of drug-likeness (QED) is 0.654. The van der Waals surface area contributed by atoms with Crippen molar-refractivity contribution in [2.24, 2.45) is 0 Å². The number of hydrogen-bond acceptors (Lipinski definition) is 6. The average molecular weight is 420 g/mol. The van der Waals surface area contributed by atoms with Crippen LogP contribution in [0.25, 0.3) is 0 Å². The van der Waals surface area contributed by atoms with Crippen LogP contribution in [0.2, 0.25) is 0 Å². The van der Waals surface area contributed by atoms with E-state index in [1.807, 2.05) is 31.2 Å². The van der Waals surface area contributed by atoms with Gasteiger partial charge in [0.2, 0.25) is 15.9 Å². The van der Waals surface area contributed by atoms with E-state index in [-0.39, 0.29) is 19.7 Å². The molecule has 1 aliphatic heterocycles. The molecule has 0 aromatic heterocycles. The van der Waals surface area contributed by atoms with Gasteiger partial charge in [-0.3, -0.25) is 9.10 Å². The fourth-order valence-corrected chi connectivity index (χ4v) is 3.69. The molecule has 1 N–H and O–H groups in total. The van der Waals surface area contributed by atoms with Gasteiger partial charge in [0.05, 0.1) is 18.5 Å². The molecule has 0 atom stereocenters. The van der Waals surface area contributed by atoms with Gasteiger partial charge in [-0.25, -0.2) is 8.42 Å². The van der Waals surface area contributed by atoms with Crippen LogP contribution in [0, 0.1) is 6.92 Å². The van der Waals surface area contributed by atoms with Gasteiger partial charge in [0.25, 0.3) is 0 Å². The van der Waals surface area contributed by atoms with Gasteiger partial charge in [-0.2, -0.15) is 0 Å². The van der Waals surface area contributed by atoms with E-state index in [2.05, 4.69) is 5.32 Å². The second-order valence-corrected chi connectivity index (χ2v) is 8.47. The Bertz CT molecular complexity index is 977. The first-order chi connectivity index (χ1) is 13.8. The lowest BCUT2D eigenvalue weighted by atomic mass is 10.2. The fourth-order valence-electron chi connectivity index (χ4n) is 2.84. The summed E-state index contributed by atoms with van der Waals surface area (Å²) in [5, 5.41) is 2.68. The van der Waals surface area contributed by atoms with E-state index < -0.39 is 15.9 Å². The summed E-state index contributed by atoms with van der Waals surface area (Å²) in [6.45, 7) is 2.95. The SMILES string of the molecule is Cc1ccccc1OCCNC(=O)CN(c1ccc2c(c1)OCCO2)S(C)(=O)=O. The molecule has 1 amide bonds. The molecule has 29 heavy (non-hydrogen) atoms. The van der Waals surface area contributed by atoms with E-state index in [1.165, 1.54) is 0 Å². The molecule has 0 saturated heterocycles. The molecule has 2 aromatic carbocycles. The van der Waals surface area contributed by atoms with Crippen LogP contribution < -0.4 is 23.8 Å². The zero-order valence-electron chi connectivity index (χ0n) is 16.4. The summed E-state index contributed by atoms with van der Waals surface area (Å²) in [5.41, 5.74) is 1.34. The summed E-state index contributed by atoms with van der Waals surface area (Å²) in [6, 6.07) is 12.4. The van der Waals surface area contributed by atoms with E-state index in [1.54, 1.807) is 18.2 Å². The number of hydrogen-bond donors (Lipinski definition) is 1. The van der Waals surface area contributed by atoms with Crippen molar-refractivity contribution >= 4 is 21.6 Å². The van der Waals surface area contributed by atoms with Crippen LogP contribution in [0.4, 0.5) is 5.69 Å². The van der Waals surface area contributed by atoms with Crippen LogP contribution >= 0.6 is 0 Å². The van der Waals surface area contributed by atoms with Gasteiger partial charge in [0.1, 0.15) is 32.1 Å². The number of amides is 1. The first kappa shape index (κ1) is 20.8. The normalized spacial score (nSPS) is 12.9. The summed E-state index contributed by atoms with van der Waals surface area (Å²) in [6.07, 6.45) is 1.05. The number of anilines is 1. The largest absolute Gasteiger partial charge is 0.491 e. The zero-order chi connectivity index (χ0) is 20.9. The Labute approximate surface area is 170 Å². The molecule has 8 nitrogen and oxygen atoms in total. The average Bonchev–Trinajstić information content (AvgIpc) is 2.69. The molecule has 0 bridgehead atoms. The van der Waals surface area contributed by atoms with Gasteiger partial charge in [-0.05, 0) is 30.7 Å². The van der Waals surface area contributed by atoms with Gasteiger partial charge in [0.15, 0.2) is 11.5 Å². The molecular weight excluding hydrogens is 396 g/mol. The molecule has 1 aliphatic rings. The van der Waals surface area contributed by atoms with Crippen LogP contribution in [0.5, 0.6) is 17.2 Å². The molecule has 0 unspecified atom stereocenters. The lowest BCUT2D eigenvalue weighted by Gasteiger charge is -2.24. The van der Waals surface area contributed by atoms with Crippen LogP contribution in [-0.4, -0.2) is 53.5 Å². The van der Waals surface area contributed by atoms with Crippen molar-refractivity contribution in [3.05, 3.63) is 48.0 Å². The van der Waals surface area contributed by atoms with Gasteiger partial charge < -0.3 is 19.5 Å². The number of ether oxygens (including phenoxy) is 3. The van der Waals surface area contributed by atoms with Crippen molar-refractivity contribution in [1.29, 1.82) is 0 Å². The van der Waals surface area contributed by atoms with Gasteiger partial charge in [-0.15, -0.1) is 0 Å². The van der Waals surface area contributed by atoms with Crippen molar-refractivity contribution < 1.29 is 27.4 Å². The minimum atomic E-state index is -3.67. The van der Waals surface area contributed by atoms with E-state index in [0.29, 0.717) is 30.4 Å². The molecule has 9 heteroatoms. The van der Waals surface area contributed by atoms with Crippen LogP contribution in [0.1, 0.15) is 5.56 Å². The standard InChI is InChI=1S/C20H24N2O6S/c1-15-5-3-4-6-17(15)26-10-9-21-20(23)14-22(29(2,24)25)16-7-8-18-19(13-16)28-12-11-27-18/h3-8,13H,9-12,14H2,1-2H3,(H,21,23). The van der Waals surface area contributed by atoms with E-state index in [4.69, 9.17) is 14.2 Å². The highest BCUT2D eigenvalue weighted by Gasteiger charge is 2.23. The molecule has 0 fully saturated rings. The number of rotatable bonds is 8. The molecule has 0 aliphatic carbocycles. The molecule has 3 rings (SSSR count). The lowest BCUT2D eigenvalue weighted by Crippen LogP contribution is -2.41. The number of carbonyl (C=O) groups is 1. The second kappa shape index (κ2) is 9.04. The Morgan fingerprint density at radius 1 is 1.14 bits per heavy atom. The van der Waals surface area contributed by atoms with E-state index >= 15 is 0 Å². The maximum atomic E-state index is 12.3. The predicted octanol–water partition coefficient (Wildman–Crippen LogP) is 1.73. The van der Waals surface area contributed by atoms with Crippen molar-refractivity contribution in [2.75, 3.05) is 43.5 Å². The third-order valence-electron chi connectivity index (χ3n) is 4.28. The molecular formula is C20H24N2O6S. The third-order valence-corrected chi connectivity index (χ3v) is 5.42. The summed E-state index contributed by atoms with van der Waals surface area (Å²) in [5.74, 6) is 1.31. The third kappa shape index (κ3) is 5.54. The minimum Gasteiger partial charge on any atom is -0.491 e. The highest BCUT2D eigenvalue weighted by molar-refractivity contribution is 7.92. The molecule has 156 valence electrons. The number of para-hydroxylation sites is 1. The number of fused-ring (bicyclic) bond motifs is 1. The monoisotopic (exact) mass is 420 g/mol. The predicted molar refractivity (Wildman–Crippen MR) is 109 cm³/mol. The summed E-state index contributed by atoms with van der Waals surface area (Å²) in [4.78, 5) is 12.3. The fraction of sp³-hybridized carbons (Fsp3) is 0.350. The number of nitrogens with zero attached hydrogens (tertiary/aromatic N) is 1. The first-order valence-corrected chi connectivity index (χ1v) is 11.0. The van der Waals surface area contributed by atoms with Crippen LogP contribution in [0.3, 0.4) is 0 Å². The maximum Gasteiger partial charge on any atom is 0.240 e. The Balaban J connectivity index is 1.59.